The minimum Gasteiger partial charge on any atom is -0.413 e. The van der Waals surface area contributed by atoms with Crippen LogP contribution in [-0.2, 0) is 4.43 Å². The molecule has 84 valence electrons. The Balaban J connectivity index is 4.01. The Bertz CT molecular complexity index is 190. The van der Waals surface area contributed by atoms with E-state index in [4.69, 9.17) is 9.53 Å². The average molecular weight is 216 g/mol. The van der Waals surface area contributed by atoms with Crippen LogP contribution in [0.25, 0.3) is 0 Å². The summed E-state index contributed by atoms with van der Waals surface area (Å²) >= 11 is 0. The average Bonchev–Trinajstić information content (AvgIpc) is 1.95. The van der Waals surface area contributed by atoms with Gasteiger partial charge in [0.25, 0.3) is 0 Å². The molecule has 0 fully saturated rings. The Morgan fingerprint density at radius 1 is 1.36 bits per heavy atom. The van der Waals surface area contributed by atoms with Crippen LogP contribution in [0, 0.1) is 0 Å². The topological polar surface area (TPSA) is 29.5 Å². The molecule has 0 heterocycles. The molecular weight excluding hydrogens is 192 g/mol. The predicted molar refractivity (Wildman–Crippen MR) is 64.0 cm³/mol. The Morgan fingerprint density at radius 3 is 2.21 bits per heavy atom. The van der Waals surface area contributed by atoms with Crippen molar-refractivity contribution in [2.45, 2.75) is 51.9 Å². The molecule has 0 radical (unpaired) electrons. The molecule has 0 aliphatic carbocycles. The number of rotatable bonds is 4. The summed E-state index contributed by atoms with van der Waals surface area (Å²) in [6.07, 6.45) is 3.27. The summed E-state index contributed by atoms with van der Waals surface area (Å²) in [5.74, 6) is 0. The van der Waals surface area contributed by atoms with Gasteiger partial charge in [-0.05, 0) is 25.1 Å². The molecule has 1 N–H and O–H groups in total. The molecule has 0 aliphatic heterocycles. The van der Waals surface area contributed by atoms with Crippen molar-refractivity contribution < 1.29 is 9.53 Å². The minimum absolute atomic E-state index is 0.256. The third-order valence-corrected chi connectivity index (χ3v) is 7.26. The second-order valence-corrected chi connectivity index (χ2v) is 10.0. The van der Waals surface area contributed by atoms with Gasteiger partial charge in [-0.15, -0.1) is 0 Å². The van der Waals surface area contributed by atoms with Crippen molar-refractivity contribution in [2.24, 2.45) is 0 Å². The van der Waals surface area contributed by atoms with E-state index in [0.29, 0.717) is 6.61 Å². The first kappa shape index (κ1) is 13.9. The first-order valence-electron chi connectivity index (χ1n) is 5.15. The van der Waals surface area contributed by atoms with Crippen molar-refractivity contribution in [1.29, 1.82) is 0 Å². The van der Waals surface area contributed by atoms with Gasteiger partial charge in [-0.2, -0.15) is 0 Å². The Morgan fingerprint density at radius 2 is 1.86 bits per heavy atom. The lowest BCUT2D eigenvalue weighted by molar-refractivity contribution is 0.242. The maximum absolute atomic E-state index is 9.01. The molecule has 0 spiro atoms. The van der Waals surface area contributed by atoms with Crippen molar-refractivity contribution in [3.8, 4) is 0 Å². The van der Waals surface area contributed by atoms with Gasteiger partial charge in [0.05, 0.1) is 12.7 Å². The van der Waals surface area contributed by atoms with Gasteiger partial charge < -0.3 is 9.53 Å². The van der Waals surface area contributed by atoms with E-state index in [-0.39, 0.29) is 11.1 Å². The van der Waals surface area contributed by atoms with E-state index < -0.39 is 8.32 Å². The lowest BCUT2D eigenvalue weighted by Gasteiger charge is -2.35. The molecule has 0 rings (SSSR count). The monoisotopic (exact) mass is 216 g/mol. The zero-order valence-corrected chi connectivity index (χ0v) is 11.3. The second-order valence-electron chi connectivity index (χ2n) is 5.24. The lowest BCUT2D eigenvalue weighted by Crippen LogP contribution is -2.40. The van der Waals surface area contributed by atoms with Crippen molar-refractivity contribution in [3.63, 3.8) is 0 Å². The van der Waals surface area contributed by atoms with Crippen LogP contribution in [0.1, 0.15) is 27.7 Å². The molecule has 0 saturated carbocycles. The number of aliphatic hydroxyl groups is 1. The maximum atomic E-state index is 9.01. The van der Waals surface area contributed by atoms with Crippen LogP contribution in [0.3, 0.4) is 0 Å². The van der Waals surface area contributed by atoms with Crippen molar-refractivity contribution in [3.05, 3.63) is 12.2 Å². The van der Waals surface area contributed by atoms with Gasteiger partial charge >= 0.3 is 0 Å². The highest BCUT2D eigenvalue weighted by molar-refractivity contribution is 6.74. The highest BCUT2D eigenvalue weighted by Crippen LogP contribution is 2.36. The van der Waals surface area contributed by atoms with E-state index in [9.17, 15) is 0 Å². The molecule has 1 atom stereocenters. The summed E-state index contributed by atoms with van der Waals surface area (Å²) in [6, 6.07) is 0. The maximum Gasteiger partial charge on any atom is 0.192 e. The van der Waals surface area contributed by atoms with E-state index in [1.165, 1.54) is 0 Å². The fraction of sp³-hybridized carbons (Fsp3) is 0.818. The Kier molecular flexibility index (Phi) is 5.05. The summed E-state index contributed by atoms with van der Waals surface area (Å²) in [5, 5.41) is 9.27. The zero-order chi connectivity index (χ0) is 11.4. The highest BCUT2D eigenvalue weighted by Gasteiger charge is 2.36. The Labute approximate surface area is 89.1 Å². The summed E-state index contributed by atoms with van der Waals surface area (Å²) < 4.78 is 5.89. The molecule has 0 aromatic rings. The summed E-state index contributed by atoms with van der Waals surface area (Å²) in [7, 11) is -1.61. The van der Waals surface area contributed by atoms with Gasteiger partial charge in [0.2, 0.25) is 0 Å². The number of aliphatic hydroxyl groups excluding tert-OH is 1. The van der Waals surface area contributed by atoms with Gasteiger partial charge in [0.1, 0.15) is 0 Å². The first-order valence-corrected chi connectivity index (χ1v) is 8.06. The van der Waals surface area contributed by atoms with Crippen LogP contribution < -0.4 is 0 Å². The molecule has 0 aromatic carbocycles. The molecule has 0 aromatic heterocycles. The fourth-order valence-electron chi connectivity index (χ4n) is 0.725. The summed E-state index contributed by atoms with van der Waals surface area (Å²) in [4.78, 5) is 0. The van der Waals surface area contributed by atoms with Crippen molar-refractivity contribution in [2.75, 3.05) is 6.61 Å². The molecule has 2 nitrogen and oxygen atoms in total. The molecule has 3 heteroatoms. The fourth-order valence-corrected chi connectivity index (χ4v) is 1.67. The normalized spacial score (nSPS) is 16.2. The van der Waals surface area contributed by atoms with E-state index in [0.717, 1.165) is 0 Å². The van der Waals surface area contributed by atoms with Crippen LogP contribution in [0.15, 0.2) is 12.2 Å². The lowest BCUT2D eigenvalue weighted by atomic mass is 10.2. The van der Waals surface area contributed by atoms with Gasteiger partial charge in [0, 0.05) is 0 Å². The predicted octanol–water partition coefficient (Wildman–Crippen LogP) is 2.95. The van der Waals surface area contributed by atoms with Crippen LogP contribution in [-0.4, -0.2) is 26.1 Å². The van der Waals surface area contributed by atoms with Crippen molar-refractivity contribution in [1.82, 2.24) is 0 Å². The third kappa shape index (κ3) is 4.93. The number of hydrogen-bond donors (Lipinski definition) is 1. The Hall–Kier alpha value is -0.123. The molecule has 0 unspecified atom stereocenters. The van der Waals surface area contributed by atoms with Crippen molar-refractivity contribution >= 4 is 8.32 Å². The molecule has 0 saturated heterocycles. The second kappa shape index (κ2) is 5.10. The molecular formula is C11H24O2Si. The highest BCUT2D eigenvalue weighted by atomic mass is 28.4. The van der Waals surface area contributed by atoms with Crippen LogP contribution in [0.5, 0.6) is 0 Å². The van der Waals surface area contributed by atoms with Gasteiger partial charge in [-0.25, -0.2) is 0 Å². The van der Waals surface area contributed by atoms with Gasteiger partial charge in [-0.1, -0.05) is 32.9 Å². The molecule has 14 heavy (non-hydrogen) atoms. The molecule has 0 amide bonds. The smallest absolute Gasteiger partial charge is 0.192 e. The van der Waals surface area contributed by atoms with E-state index >= 15 is 0 Å². The largest absolute Gasteiger partial charge is 0.413 e. The van der Waals surface area contributed by atoms with Crippen LogP contribution in [0.2, 0.25) is 18.1 Å². The SMILES string of the molecule is C[C@@H](O)C=CCO[Si](C)(C)C(C)(C)C. The first-order chi connectivity index (χ1) is 6.17. The summed E-state index contributed by atoms with van der Waals surface area (Å²) in [6.45, 7) is 13.5. The quantitative estimate of drug-likeness (QED) is 0.578. The third-order valence-electron chi connectivity index (χ3n) is 2.76. The van der Waals surface area contributed by atoms with Crippen LogP contribution >= 0.6 is 0 Å². The minimum atomic E-state index is -1.61. The number of hydrogen-bond acceptors (Lipinski definition) is 2. The standard InChI is InChI=1S/C11H24O2Si/c1-10(12)8-7-9-13-14(5,6)11(2,3)4/h7-8,10,12H,9H2,1-6H3/t10-/m1/s1. The summed E-state index contributed by atoms with van der Waals surface area (Å²) in [5.41, 5.74) is 0. The van der Waals surface area contributed by atoms with Gasteiger partial charge in [-0.3, -0.25) is 0 Å². The van der Waals surface area contributed by atoms with Crippen LogP contribution in [0.4, 0.5) is 0 Å². The van der Waals surface area contributed by atoms with E-state index in [1.54, 1.807) is 13.0 Å². The van der Waals surface area contributed by atoms with E-state index in [2.05, 4.69) is 33.9 Å². The zero-order valence-electron chi connectivity index (χ0n) is 10.3. The molecule has 0 aliphatic rings. The molecule has 0 bridgehead atoms. The van der Waals surface area contributed by atoms with Gasteiger partial charge in [0.15, 0.2) is 8.32 Å². The van der Waals surface area contributed by atoms with E-state index in [1.807, 2.05) is 6.08 Å².